The first-order valence-electron chi connectivity index (χ1n) is 6.58. The maximum Gasteiger partial charge on any atom is 0.338 e. The van der Waals surface area contributed by atoms with Crippen LogP contribution in [0.5, 0.6) is 0 Å². The largest absolute Gasteiger partial charge is 0.478 e. The van der Waals surface area contributed by atoms with Gasteiger partial charge in [-0.3, -0.25) is 4.79 Å². The van der Waals surface area contributed by atoms with E-state index in [1.165, 1.54) is 0 Å². The molecule has 1 amide bonds. The van der Waals surface area contributed by atoms with E-state index in [1.54, 1.807) is 25.1 Å². The lowest BCUT2D eigenvalue weighted by atomic mass is 10.1. The number of carboxylic acid groups (broad SMARTS) is 1. The van der Waals surface area contributed by atoms with E-state index in [2.05, 4.69) is 10.6 Å². The highest BCUT2D eigenvalue weighted by atomic mass is 16.4. The van der Waals surface area contributed by atoms with Crippen LogP contribution in [0.15, 0.2) is 18.2 Å². The Bertz CT molecular complexity index is 504. The summed E-state index contributed by atoms with van der Waals surface area (Å²) in [6, 6.07) is 5.04. The fourth-order valence-corrected chi connectivity index (χ4v) is 1.82. The molecule has 3 N–H and O–H groups in total. The topological polar surface area (TPSA) is 78.4 Å². The van der Waals surface area contributed by atoms with Crippen molar-refractivity contribution in [2.24, 2.45) is 0 Å². The Morgan fingerprint density at radius 3 is 2.45 bits per heavy atom. The van der Waals surface area contributed by atoms with Crippen molar-refractivity contribution in [1.29, 1.82) is 0 Å². The van der Waals surface area contributed by atoms with Gasteiger partial charge in [-0.2, -0.15) is 0 Å². The number of aromatic carboxylic acids is 1. The molecule has 110 valence electrons. The van der Waals surface area contributed by atoms with Crippen molar-refractivity contribution in [2.45, 2.75) is 39.7 Å². The van der Waals surface area contributed by atoms with Crippen LogP contribution in [-0.2, 0) is 4.79 Å². The number of rotatable bonds is 5. The molecule has 0 saturated heterocycles. The third kappa shape index (κ3) is 5.01. The van der Waals surface area contributed by atoms with Crippen LogP contribution in [0.25, 0.3) is 0 Å². The Balaban J connectivity index is 2.67. The third-order valence-electron chi connectivity index (χ3n) is 2.77. The zero-order chi connectivity index (χ0) is 15.3. The molecule has 1 aromatic rings. The van der Waals surface area contributed by atoms with Gasteiger partial charge in [0.2, 0.25) is 5.91 Å². The van der Waals surface area contributed by atoms with Crippen molar-refractivity contribution in [3.63, 3.8) is 0 Å². The summed E-state index contributed by atoms with van der Waals surface area (Å²) < 4.78 is 0. The molecule has 0 aliphatic rings. The van der Waals surface area contributed by atoms with Gasteiger partial charge in [-0.1, -0.05) is 12.1 Å². The average Bonchev–Trinajstić information content (AvgIpc) is 2.26. The van der Waals surface area contributed by atoms with Gasteiger partial charge in [0.25, 0.3) is 0 Å². The first kappa shape index (κ1) is 16.2. The molecular formula is C15H22N2O3. The normalized spacial score (nSPS) is 11.2. The molecule has 0 saturated carbocycles. The van der Waals surface area contributed by atoms with E-state index in [1.807, 2.05) is 20.8 Å². The van der Waals surface area contributed by atoms with Gasteiger partial charge in [-0.15, -0.1) is 0 Å². The number of carboxylic acids is 1. The van der Waals surface area contributed by atoms with Gasteiger partial charge < -0.3 is 15.7 Å². The number of carbonyl (C=O) groups is 2. The number of nitrogens with one attached hydrogen (secondary N) is 2. The van der Waals surface area contributed by atoms with Gasteiger partial charge in [-0.25, -0.2) is 4.79 Å². The summed E-state index contributed by atoms with van der Waals surface area (Å²) in [5.74, 6) is -1.24. The van der Waals surface area contributed by atoms with Gasteiger partial charge in [0, 0.05) is 18.5 Å². The van der Waals surface area contributed by atoms with E-state index in [9.17, 15) is 14.7 Å². The predicted molar refractivity (Wildman–Crippen MR) is 79.1 cm³/mol. The van der Waals surface area contributed by atoms with Crippen LogP contribution < -0.4 is 10.6 Å². The highest BCUT2D eigenvalue weighted by molar-refractivity contribution is 6.01. The van der Waals surface area contributed by atoms with E-state index in [0.717, 1.165) is 0 Å². The van der Waals surface area contributed by atoms with E-state index in [-0.39, 0.29) is 17.0 Å². The molecule has 0 aromatic heterocycles. The summed E-state index contributed by atoms with van der Waals surface area (Å²) in [7, 11) is 0. The Kier molecular flexibility index (Phi) is 5.27. The molecule has 0 atom stereocenters. The molecule has 5 nitrogen and oxygen atoms in total. The van der Waals surface area contributed by atoms with E-state index < -0.39 is 5.97 Å². The minimum absolute atomic E-state index is 0.0458. The van der Waals surface area contributed by atoms with Gasteiger partial charge in [0.1, 0.15) is 0 Å². The molecule has 0 radical (unpaired) electrons. The Morgan fingerprint density at radius 2 is 1.90 bits per heavy atom. The molecule has 0 fully saturated rings. The smallest absolute Gasteiger partial charge is 0.338 e. The minimum Gasteiger partial charge on any atom is -0.478 e. The molecule has 1 rings (SSSR count). The quantitative estimate of drug-likeness (QED) is 0.773. The van der Waals surface area contributed by atoms with Gasteiger partial charge in [-0.05, 0) is 39.3 Å². The highest BCUT2D eigenvalue weighted by Gasteiger charge is 2.15. The second-order valence-corrected chi connectivity index (χ2v) is 5.78. The molecule has 5 heteroatoms. The lowest BCUT2D eigenvalue weighted by Crippen LogP contribution is -2.37. The Morgan fingerprint density at radius 1 is 1.25 bits per heavy atom. The minimum atomic E-state index is -1.04. The highest BCUT2D eigenvalue weighted by Crippen LogP contribution is 2.19. The van der Waals surface area contributed by atoms with Crippen molar-refractivity contribution in [3.8, 4) is 0 Å². The molecule has 0 aliphatic carbocycles. The molecule has 0 aliphatic heterocycles. The fraction of sp³-hybridized carbons (Fsp3) is 0.467. The van der Waals surface area contributed by atoms with Crippen LogP contribution in [0.3, 0.4) is 0 Å². The van der Waals surface area contributed by atoms with Crippen LogP contribution >= 0.6 is 0 Å². The number of anilines is 1. The maximum absolute atomic E-state index is 11.8. The average molecular weight is 278 g/mol. The molecule has 0 bridgehead atoms. The van der Waals surface area contributed by atoms with Gasteiger partial charge in [0.15, 0.2) is 0 Å². The molecule has 1 aromatic carbocycles. The second kappa shape index (κ2) is 6.52. The lowest BCUT2D eigenvalue weighted by molar-refractivity contribution is -0.116. The van der Waals surface area contributed by atoms with Crippen LogP contribution in [0, 0.1) is 6.92 Å². The van der Waals surface area contributed by atoms with Crippen LogP contribution in [0.4, 0.5) is 5.69 Å². The molecule has 0 unspecified atom stereocenters. The van der Waals surface area contributed by atoms with E-state index in [0.29, 0.717) is 24.2 Å². The SMILES string of the molecule is Cc1cccc(NC(=O)CCNC(C)(C)C)c1C(=O)O. The van der Waals surface area contributed by atoms with Crippen molar-refractivity contribution in [2.75, 3.05) is 11.9 Å². The van der Waals surface area contributed by atoms with Crippen LogP contribution in [-0.4, -0.2) is 29.1 Å². The van der Waals surface area contributed by atoms with Crippen molar-refractivity contribution < 1.29 is 14.7 Å². The second-order valence-electron chi connectivity index (χ2n) is 5.78. The number of benzene rings is 1. The number of amides is 1. The summed E-state index contributed by atoms with van der Waals surface area (Å²) in [6.07, 6.45) is 0.296. The van der Waals surface area contributed by atoms with Crippen molar-refractivity contribution >= 4 is 17.6 Å². The van der Waals surface area contributed by atoms with Crippen LogP contribution in [0.2, 0.25) is 0 Å². The van der Waals surface area contributed by atoms with Gasteiger partial charge in [0.05, 0.1) is 11.3 Å². The van der Waals surface area contributed by atoms with Crippen molar-refractivity contribution in [1.82, 2.24) is 5.32 Å². The summed E-state index contributed by atoms with van der Waals surface area (Å²) in [6.45, 7) is 8.32. The van der Waals surface area contributed by atoms with E-state index >= 15 is 0 Å². The molecular weight excluding hydrogens is 256 g/mol. The first-order valence-corrected chi connectivity index (χ1v) is 6.58. The summed E-state index contributed by atoms with van der Waals surface area (Å²) in [5, 5.41) is 15.0. The fourth-order valence-electron chi connectivity index (χ4n) is 1.82. The summed E-state index contributed by atoms with van der Waals surface area (Å²) in [4.78, 5) is 23.0. The van der Waals surface area contributed by atoms with Gasteiger partial charge >= 0.3 is 5.97 Å². The maximum atomic E-state index is 11.8. The van der Waals surface area contributed by atoms with Crippen molar-refractivity contribution in [3.05, 3.63) is 29.3 Å². The molecule has 0 spiro atoms. The predicted octanol–water partition coefficient (Wildman–Crippen LogP) is 2.41. The summed E-state index contributed by atoms with van der Waals surface area (Å²) in [5.41, 5.74) is 1.07. The number of carbonyl (C=O) groups excluding carboxylic acids is 1. The number of hydrogen-bond donors (Lipinski definition) is 3. The number of aryl methyl sites for hydroxylation is 1. The standard InChI is InChI=1S/C15H22N2O3/c1-10-6-5-7-11(13(10)14(19)20)17-12(18)8-9-16-15(2,3)4/h5-7,16H,8-9H2,1-4H3,(H,17,18)(H,19,20). The monoisotopic (exact) mass is 278 g/mol. The number of hydrogen-bond acceptors (Lipinski definition) is 3. The van der Waals surface area contributed by atoms with E-state index in [4.69, 9.17) is 0 Å². The Hall–Kier alpha value is -1.88. The molecule has 0 heterocycles. The zero-order valence-corrected chi connectivity index (χ0v) is 12.4. The molecule has 20 heavy (non-hydrogen) atoms. The third-order valence-corrected chi connectivity index (χ3v) is 2.77. The summed E-state index contributed by atoms with van der Waals surface area (Å²) >= 11 is 0. The Labute approximate surface area is 119 Å². The van der Waals surface area contributed by atoms with Crippen LogP contribution in [0.1, 0.15) is 43.1 Å². The first-order chi connectivity index (χ1) is 9.20. The zero-order valence-electron chi connectivity index (χ0n) is 12.4. The lowest BCUT2D eigenvalue weighted by Gasteiger charge is -2.20.